The van der Waals surface area contributed by atoms with E-state index in [1.807, 2.05) is 0 Å². The summed E-state index contributed by atoms with van der Waals surface area (Å²) in [7, 11) is -4.29. The average molecular weight is 307 g/mol. The molecule has 0 aliphatic carbocycles. The van der Waals surface area contributed by atoms with Gasteiger partial charge in [0, 0.05) is 6.42 Å². The predicted molar refractivity (Wildman–Crippen MR) is 77.4 cm³/mol. The van der Waals surface area contributed by atoms with Gasteiger partial charge in [-0.25, -0.2) is 8.42 Å². The summed E-state index contributed by atoms with van der Waals surface area (Å²) in [4.78, 5) is 11.2. The summed E-state index contributed by atoms with van der Waals surface area (Å²) < 4.78 is 35.5. The Kier molecular flexibility index (Phi) is 11.8. The van der Waals surface area contributed by atoms with Crippen molar-refractivity contribution in [2.45, 2.75) is 71.1 Å². The van der Waals surface area contributed by atoms with E-state index < -0.39 is 21.8 Å². The highest BCUT2D eigenvalue weighted by molar-refractivity contribution is 7.85. The molecule has 0 aliphatic heterocycles. The van der Waals surface area contributed by atoms with Crippen LogP contribution in [0.15, 0.2) is 0 Å². The summed E-state index contributed by atoms with van der Waals surface area (Å²) >= 11 is 0. The molecule has 0 spiro atoms. The zero-order valence-corrected chi connectivity index (χ0v) is 13.3. The lowest BCUT2D eigenvalue weighted by molar-refractivity contribution is -0.143. The van der Waals surface area contributed by atoms with Crippen molar-refractivity contribution in [3.8, 4) is 0 Å². The first-order chi connectivity index (χ1) is 9.45. The highest BCUT2D eigenvalue weighted by Gasteiger charge is 2.04. The maximum absolute atomic E-state index is 11.2. The molecule has 0 aromatic heterocycles. The van der Waals surface area contributed by atoms with Gasteiger partial charge in [-0.1, -0.05) is 58.3 Å². The summed E-state index contributed by atoms with van der Waals surface area (Å²) in [5.74, 6) is -1.06. The minimum atomic E-state index is -4.29. The van der Waals surface area contributed by atoms with Crippen LogP contribution in [0.4, 0.5) is 0 Å². The first-order valence-electron chi connectivity index (χ1n) is 7.55. The first kappa shape index (κ1) is 19.4. The molecule has 5 nitrogen and oxygen atoms in total. The van der Waals surface area contributed by atoms with Gasteiger partial charge in [-0.2, -0.15) is 0 Å². The van der Waals surface area contributed by atoms with E-state index in [1.54, 1.807) is 0 Å². The minimum Gasteiger partial charge on any atom is -0.748 e. The Balaban J connectivity index is 3.27. The minimum absolute atomic E-state index is 0.300. The molecule has 0 amide bonds. The Bertz CT molecular complexity index is 337. The van der Waals surface area contributed by atoms with Crippen LogP contribution in [0.1, 0.15) is 71.1 Å². The third-order valence-electron chi connectivity index (χ3n) is 3.08. The van der Waals surface area contributed by atoms with E-state index in [0.717, 1.165) is 19.3 Å². The molecule has 6 heteroatoms. The highest BCUT2D eigenvalue weighted by Crippen LogP contribution is 2.10. The van der Waals surface area contributed by atoms with Crippen LogP contribution in [0.25, 0.3) is 0 Å². The molecule has 0 saturated carbocycles. The van der Waals surface area contributed by atoms with E-state index in [2.05, 4.69) is 11.7 Å². The molecule has 0 bridgehead atoms. The third-order valence-corrected chi connectivity index (χ3v) is 3.75. The second-order valence-corrected chi connectivity index (χ2v) is 6.58. The smallest absolute Gasteiger partial charge is 0.305 e. The van der Waals surface area contributed by atoms with E-state index in [0.29, 0.717) is 6.42 Å². The molecule has 0 rings (SSSR count). The quantitative estimate of drug-likeness (QED) is 0.297. The Morgan fingerprint density at radius 3 is 1.95 bits per heavy atom. The molecule has 0 N–H and O–H groups in total. The van der Waals surface area contributed by atoms with E-state index >= 15 is 0 Å². The second kappa shape index (κ2) is 12.1. The van der Waals surface area contributed by atoms with Crippen molar-refractivity contribution >= 4 is 16.1 Å². The van der Waals surface area contributed by atoms with Crippen LogP contribution in [-0.2, 0) is 19.6 Å². The fourth-order valence-corrected chi connectivity index (χ4v) is 2.20. The standard InChI is InChI=1S/C14H28O5S/c1-2-3-4-5-6-7-8-9-10-11-14(15)19-12-13-20(16,17)18/h2-13H2,1H3,(H,16,17,18)/p-1. The number of unbranched alkanes of at least 4 members (excludes halogenated alkanes) is 8. The van der Waals surface area contributed by atoms with Crippen LogP contribution in [-0.4, -0.2) is 31.3 Å². The molecule has 0 unspecified atom stereocenters. The summed E-state index contributed by atoms with van der Waals surface area (Å²) in [5, 5.41) is 0. The first-order valence-corrected chi connectivity index (χ1v) is 9.12. The number of ether oxygens (including phenoxy) is 1. The Hall–Kier alpha value is -0.620. The largest absolute Gasteiger partial charge is 0.748 e. The molecular weight excluding hydrogens is 280 g/mol. The number of hydrogen-bond donors (Lipinski definition) is 0. The molecule has 0 radical (unpaired) electrons. The number of hydrogen-bond acceptors (Lipinski definition) is 5. The van der Waals surface area contributed by atoms with Gasteiger partial charge in [-0.15, -0.1) is 0 Å². The van der Waals surface area contributed by atoms with E-state index in [9.17, 15) is 17.8 Å². The average Bonchev–Trinajstić information content (AvgIpc) is 2.35. The van der Waals surface area contributed by atoms with E-state index in [1.165, 1.54) is 38.5 Å². The van der Waals surface area contributed by atoms with E-state index in [4.69, 9.17) is 0 Å². The lowest BCUT2D eigenvalue weighted by Crippen LogP contribution is -2.14. The van der Waals surface area contributed by atoms with Crippen molar-refractivity contribution in [2.75, 3.05) is 12.4 Å². The topological polar surface area (TPSA) is 83.5 Å². The van der Waals surface area contributed by atoms with Gasteiger partial charge in [-0.05, 0) is 6.42 Å². The zero-order chi connectivity index (χ0) is 15.3. The maximum Gasteiger partial charge on any atom is 0.305 e. The van der Waals surface area contributed by atoms with Gasteiger partial charge in [0.2, 0.25) is 0 Å². The molecular formula is C14H27O5S-. The van der Waals surface area contributed by atoms with Crippen molar-refractivity contribution in [3.05, 3.63) is 0 Å². The van der Waals surface area contributed by atoms with Crippen molar-refractivity contribution in [2.24, 2.45) is 0 Å². The molecule has 0 heterocycles. The molecule has 20 heavy (non-hydrogen) atoms. The number of esters is 1. The normalized spacial score (nSPS) is 11.5. The van der Waals surface area contributed by atoms with Gasteiger partial charge < -0.3 is 9.29 Å². The fraction of sp³-hybridized carbons (Fsp3) is 0.929. The molecule has 0 saturated heterocycles. The monoisotopic (exact) mass is 307 g/mol. The Labute approximate surface area is 122 Å². The molecule has 0 fully saturated rings. The van der Waals surface area contributed by atoms with Crippen LogP contribution < -0.4 is 0 Å². The molecule has 120 valence electrons. The van der Waals surface area contributed by atoms with Crippen molar-refractivity contribution in [1.29, 1.82) is 0 Å². The van der Waals surface area contributed by atoms with Gasteiger partial charge >= 0.3 is 5.97 Å². The van der Waals surface area contributed by atoms with Gasteiger partial charge in [-0.3, -0.25) is 4.79 Å². The van der Waals surface area contributed by atoms with E-state index in [-0.39, 0.29) is 6.61 Å². The predicted octanol–water partition coefficient (Wildman–Crippen LogP) is 3.00. The maximum atomic E-state index is 11.2. The number of rotatable bonds is 13. The van der Waals surface area contributed by atoms with Gasteiger partial charge in [0.05, 0.1) is 15.9 Å². The fourth-order valence-electron chi connectivity index (χ4n) is 1.91. The molecule has 0 aromatic rings. The lowest BCUT2D eigenvalue weighted by atomic mass is 10.1. The van der Waals surface area contributed by atoms with Crippen molar-refractivity contribution in [3.63, 3.8) is 0 Å². The van der Waals surface area contributed by atoms with Gasteiger partial charge in [0.15, 0.2) is 0 Å². The molecule has 0 aliphatic rings. The number of carbonyl (C=O) groups is 1. The molecule has 0 atom stereocenters. The van der Waals surface area contributed by atoms with Crippen LogP contribution in [0, 0.1) is 0 Å². The SMILES string of the molecule is CCCCCCCCCCCC(=O)OCCS(=O)(=O)[O-]. The van der Waals surface area contributed by atoms with Crippen LogP contribution >= 0.6 is 0 Å². The number of carbonyl (C=O) groups excluding carboxylic acids is 1. The summed E-state index contributed by atoms with van der Waals surface area (Å²) in [6, 6.07) is 0. The summed E-state index contributed by atoms with van der Waals surface area (Å²) in [6.07, 6.45) is 10.8. The summed E-state index contributed by atoms with van der Waals surface area (Å²) in [5.41, 5.74) is 0. The Morgan fingerprint density at radius 1 is 0.950 bits per heavy atom. The van der Waals surface area contributed by atoms with Crippen molar-refractivity contribution < 1.29 is 22.5 Å². The van der Waals surface area contributed by atoms with Crippen LogP contribution in [0.2, 0.25) is 0 Å². The Morgan fingerprint density at radius 2 is 1.45 bits per heavy atom. The lowest BCUT2D eigenvalue weighted by Gasteiger charge is -2.07. The van der Waals surface area contributed by atoms with Gasteiger partial charge in [0.25, 0.3) is 0 Å². The molecule has 0 aromatic carbocycles. The second-order valence-electron chi connectivity index (χ2n) is 5.06. The van der Waals surface area contributed by atoms with Crippen molar-refractivity contribution in [1.82, 2.24) is 0 Å². The summed E-state index contributed by atoms with van der Waals surface area (Å²) in [6.45, 7) is 1.87. The highest BCUT2D eigenvalue weighted by atomic mass is 32.2. The van der Waals surface area contributed by atoms with Crippen LogP contribution in [0.5, 0.6) is 0 Å². The zero-order valence-electron chi connectivity index (χ0n) is 12.4. The van der Waals surface area contributed by atoms with Gasteiger partial charge in [0.1, 0.15) is 6.61 Å². The third kappa shape index (κ3) is 15.4. The van der Waals surface area contributed by atoms with Crippen LogP contribution in [0.3, 0.4) is 0 Å².